The predicted octanol–water partition coefficient (Wildman–Crippen LogP) is 3.59. The number of hydrogen-bond donors (Lipinski definition) is 1. The fourth-order valence-electron chi connectivity index (χ4n) is 3.31. The Labute approximate surface area is 132 Å². The van der Waals surface area contributed by atoms with Crippen molar-refractivity contribution in [3.63, 3.8) is 0 Å². The highest BCUT2D eigenvalue weighted by molar-refractivity contribution is 5.75. The van der Waals surface area contributed by atoms with Gasteiger partial charge in [0.05, 0.1) is 13.2 Å². The highest BCUT2D eigenvalue weighted by Gasteiger charge is 2.37. The first-order valence-electron chi connectivity index (χ1n) is 8.31. The Hall–Kier alpha value is -1.71. The first-order chi connectivity index (χ1) is 10.6. The van der Waals surface area contributed by atoms with E-state index in [1.54, 1.807) is 7.11 Å². The molecule has 4 nitrogen and oxygen atoms in total. The molecule has 3 unspecified atom stereocenters. The number of methoxy groups -OCH3 is 1. The van der Waals surface area contributed by atoms with Gasteiger partial charge < -0.3 is 15.0 Å². The van der Waals surface area contributed by atoms with E-state index in [0.717, 1.165) is 18.7 Å². The monoisotopic (exact) mass is 302 g/mol. The minimum atomic E-state index is 0.0876. The fraction of sp³-hybridized carbons (Fsp3) is 0.611. The summed E-state index contributed by atoms with van der Waals surface area (Å²) in [5, 5.41) is 3.27. The van der Waals surface area contributed by atoms with Gasteiger partial charge in [-0.05, 0) is 55.7 Å². The van der Waals surface area contributed by atoms with Gasteiger partial charge in [-0.3, -0.25) is 0 Å². The third-order valence-corrected chi connectivity index (χ3v) is 5.25. The Bertz CT molecular complexity index is 524. The Morgan fingerprint density at radius 1 is 1.23 bits per heavy atom. The van der Waals surface area contributed by atoms with Crippen molar-refractivity contribution in [1.29, 1.82) is 0 Å². The zero-order valence-electron chi connectivity index (χ0n) is 13.7. The van der Waals surface area contributed by atoms with E-state index in [2.05, 4.69) is 31.3 Å². The Kier molecular flexibility index (Phi) is 4.27. The first kappa shape index (κ1) is 15.2. The third-order valence-electron chi connectivity index (χ3n) is 5.25. The molecule has 3 rings (SSSR count). The summed E-state index contributed by atoms with van der Waals surface area (Å²) in [6.07, 6.45) is 3.50. The van der Waals surface area contributed by atoms with Crippen molar-refractivity contribution in [3.05, 3.63) is 29.8 Å². The molecule has 1 N–H and O–H groups in total. The summed E-state index contributed by atoms with van der Waals surface area (Å²) in [6.45, 7) is 5.24. The van der Waals surface area contributed by atoms with Crippen LogP contribution in [0, 0.1) is 11.8 Å². The van der Waals surface area contributed by atoms with E-state index in [4.69, 9.17) is 4.74 Å². The topological polar surface area (TPSA) is 41.6 Å². The van der Waals surface area contributed by atoms with Crippen LogP contribution >= 0.6 is 0 Å². The fourth-order valence-corrected chi connectivity index (χ4v) is 3.31. The van der Waals surface area contributed by atoms with Crippen LogP contribution in [0.5, 0.6) is 5.75 Å². The van der Waals surface area contributed by atoms with Crippen molar-refractivity contribution in [3.8, 4) is 5.75 Å². The van der Waals surface area contributed by atoms with E-state index in [9.17, 15) is 4.79 Å². The molecule has 1 heterocycles. The first-order valence-corrected chi connectivity index (χ1v) is 8.31. The summed E-state index contributed by atoms with van der Waals surface area (Å²) < 4.78 is 5.22. The van der Waals surface area contributed by atoms with Crippen LogP contribution < -0.4 is 10.1 Å². The van der Waals surface area contributed by atoms with Gasteiger partial charge in [-0.25, -0.2) is 4.79 Å². The third kappa shape index (κ3) is 3.06. The van der Waals surface area contributed by atoms with E-state index < -0.39 is 0 Å². The van der Waals surface area contributed by atoms with Crippen LogP contribution in [0.3, 0.4) is 0 Å². The molecule has 120 valence electrons. The minimum Gasteiger partial charge on any atom is -0.497 e. The number of nitrogens with one attached hydrogen (secondary N) is 1. The summed E-state index contributed by atoms with van der Waals surface area (Å²) >= 11 is 0. The largest absolute Gasteiger partial charge is 0.497 e. The Morgan fingerprint density at radius 3 is 2.41 bits per heavy atom. The number of urea groups is 1. The van der Waals surface area contributed by atoms with Crippen LogP contribution in [-0.4, -0.2) is 30.6 Å². The van der Waals surface area contributed by atoms with Gasteiger partial charge in [0.2, 0.25) is 0 Å². The zero-order valence-corrected chi connectivity index (χ0v) is 13.7. The second-order valence-electron chi connectivity index (χ2n) is 6.74. The van der Waals surface area contributed by atoms with Gasteiger partial charge in [-0.15, -0.1) is 0 Å². The molecule has 1 aromatic rings. The minimum absolute atomic E-state index is 0.0876. The molecule has 0 bridgehead atoms. The SMILES string of the molecule is COc1ccc(C(NC(=O)N2CCC(C)C2C)C2CC2)cc1. The summed E-state index contributed by atoms with van der Waals surface area (Å²) in [5.41, 5.74) is 1.18. The molecular weight excluding hydrogens is 276 g/mol. The lowest BCUT2D eigenvalue weighted by atomic mass is 10.0. The van der Waals surface area contributed by atoms with Gasteiger partial charge in [-0.1, -0.05) is 19.1 Å². The number of carbonyl (C=O) groups is 1. The molecule has 0 spiro atoms. The molecule has 4 heteroatoms. The maximum absolute atomic E-state index is 12.6. The molecule has 1 aliphatic heterocycles. The summed E-state index contributed by atoms with van der Waals surface area (Å²) in [5.74, 6) is 2.02. The molecule has 1 saturated heterocycles. The van der Waals surface area contributed by atoms with E-state index in [1.807, 2.05) is 17.0 Å². The lowest BCUT2D eigenvalue weighted by Crippen LogP contribution is -2.44. The molecule has 22 heavy (non-hydrogen) atoms. The molecule has 1 aliphatic carbocycles. The van der Waals surface area contributed by atoms with Crippen LogP contribution in [0.4, 0.5) is 4.79 Å². The van der Waals surface area contributed by atoms with Gasteiger partial charge in [0.15, 0.2) is 0 Å². The van der Waals surface area contributed by atoms with Crippen molar-refractivity contribution >= 4 is 6.03 Å². The number of rotatable bonds is 4. The van der Waals surface area contributed by atoms with Gasteiger partial charge >= 0.3 is 6.03 Å². The van der Waals surface area contributed by atoms with E-state index in [0.29, 0.717) is 17.9 Å². The average molecular weight is 302 g/mol. The van der Waals surface area contributed by atoms with Crippen LogP contribution in [0.15, 0.2) is 24.3 Å². The Morgan fingerprint density at radius 2 is 1.91 bits per heavy atom. The van der Waals surface area contributed by atoms with Gasteiger partial charge in [-0.2, -0.15) is 0 Å². The van der Waals surface area contributed by atoms with E-state index in [1.165, 1.54) is 18.4 Å². The van der Waals surface area contributed by atoms with Crippen molar-refractivity contribution in [2.24, 2.45) is 11.8 Å². The lowest BCUT2D eigenvalue weighted by molar-refractivity contribution is 0.186. The number of likely N-dealkylation sites (tertiary alicyclic amines) is 1. The van der Waals surface area contributed by atoms with Gasteiger partial charge in [0.25, 0.3) is 0 Å². The van der Waals surface area contributed by atoms with E-state index >= 15 is 0 Å². The van der Waals surface area contributed by atoms with Gasteiger partial charge in [0, 0.05) is 12.6 Å². The molecule has 2 aliphatic rings. The summed E-state index contributed by atoms with van der Waals surface area (Å²) in [4.78, 5) is 14.6. The van der Waals surface area contributed by atoms with Gasteiger partial charge in [0.1, 0.15) is 5.75 Å². The number of ether oxygens (including phenoxy) is 1. The quantitative estimate of drug-likeness (QED) is 0.923. The predicted molar refractivity (Wildman–Crippen MR) is 86.9 cm³/mol. The molecule has 1 aromatic carbocycles. The van der Waals surface area contributed by atoms with Crippen LogP contribution in [-0.2, 0) is 0 Å². The van der Waals surface area contributed by atoms with Crippen molar-refractivity contribution in [1.82, 2.24) is 10.2 Å². The van der Waals surface area contributed by atoms with Crippen LogP contribution in [0.2, 0.25) is 0 Å². The average Bonchev–Trinajstić information content (AvgIpc) is 3.32. The van der Waals surface area contributed by atoms with Crippen molar-refractivity contribution < 1.29 is 9.53 Å². The molecular formula is C18H26N2O2. The number of carbonyl (C=O) groups excluding carboxylic acids is 1. The lowest BCUT2D eigenvalue weighted by Gasteiger charge is -2.27. The zero-order chi connectivity index (χ0) is 15.7. The maximum Gasteiger partial charge on any atom is 0.318 e. The van der Waals surface area contributed by atoms with E-state index in [-0.39, 0.29) is 12.1 Å². The maximum atomic E-state index is 12.6. The number of benzene rings is 1. The summed E-state index contributed by atoms with van der Waals surface area (Å²) in [7, 11) is 1.67. The second kappa shape index (κ2) is 6.19. The van der Waals surface area contributed by atoms with Crippen molar-refractivity contribution in [2.45, 2.75) is 45.2 Å². The highest BCUT2D eigenvalue weighted by Crippen LogP contribution is 2.41. The summed E-state index contributed by atoms with van der Waals surface area (Å²) in [6, 6.07) is 8.62. The second-order valence-corrected chi connectivity index (χ2v) is 6.74. The smallest absolute Gasteiger partial charge is 0.318 e. The standard InChI is InChI=1S/C18H26N2O2/c1-12-10-11-20(13(12)2)18(21)19-17(14-4-5-14)15-6-8-16(22-3)9-7-15/h6-9,12-14,17H,4-5,10-11H2,1-3H3,(H,19,21). The number of hydrogen-bond acceptors (Lipinski definition) is 2. The van der Waals surface area contributed by atoms with Crippen LogP contribution in [0.1, 0.15) is 44.7 Å². The van der Waals surface area contributed by atoms with Crippen molar-refractivity contribution in [2.75, 3.05) is 13.7 Å². The molecule has 0 radical (unpaired) electrons. The molecule has 1 saturated carbocycles. The number of amides is 2. The highest BCUT2D eigenvalue weighted by atomic mass is 16.5. The number of nitrogens with zero attached hydrogens (tertiary/aromatic N) is 1. The molecule has 2 fully saturated rings. The molecule has 0 aromatic heterocycles. The normalized spacial score (nSPS) is 25.9. The Balaban J connectivity index is 1.70. The van der Waals surface area contributed by atoms with Crippen LogP contribution in [0.25, 0.3) is 0 Å². The molecule has 2 amide bonds. The molecule has 3 atom stereocenters.